The summed E-state index contributed by atoms with van der Waals surface area (Å²) in [6.07, 6.45) is 7.89. The smallest absolute Gasteiger partial charge is 0.317 e. The van der Waals surface area contributed by atoms with Gasteiger partial charge >= 0.3 is 6.03 Å². The highest BCUT2D eigenvalue weighted by Gasteiger charge is 2.21. The van der Waals surface area contributed by atoms with E-state index in [4.69, 9.17) is 0 Å². The number of carbonyl (C=O) groups is 1. The van der Waals surface area contributed by atoms with Gasteiger partial charge in [0, 0.05) is 62.8 Å². The molecule has 1 aromatic carbocycles. The van der Waals surface area contributed by atoms with Crippen molar-refractivity contribution in [1.29, 1.82) is 0 Å². The van der Waals surface area contributed by atoms with E-state index in [0.717, 1.165) is 48.8 Å². The van der Waals surface area contributed by atoms with Crippen LogP contribution in [0.5, 0.6) is 0 Å². The third-order valence-electron chi connectivity index (χ3n) is 5.05. The Morgan fingerprint density at radius 3 is 2.92 bits per heavy atom. The molecule has 0 saturated carbocycles. The van der Waals surface area contributed by atoms with Crippen LogP contribution >= 0.6 is 11.8 Å². The first-order chi connectivity index (χ1) is 12.7. The second-order valence-electron chi connectivity index (χ2n) is 6.93. The van der Waals surface area contributed by atoms with Gasteiger partial charge in [-0.3, -0.25) is 4.98 Å². The summed E-state index contributed by atoms with van der Waals surface area (Å²) in [5.41, 5.74) is 1.15. The molecule has 0 unspecified atom stereocenters. The van der Waals surface area contributed by atoms with Crippen LogP contribution in [-0.4, -0.2) is 65.5 Å². The van der Waals surface area contributed by atoms with Crippen molar-refractivity contribution >= 4 is 28.6 Å². The van der Waals surface area contributed by atoms with Crippen LogP contribution in [0.25, 0.3) is 10.8 Å². The minimum Gasteiger partial charge on any atom is -0.335 e. The third-order valence-corrected chi connectivity index (χ3v) is 5.64. The Morgan fingerprint density at radius 2 is 2.15 bits per heavy atom. The number of rotatable bonds is 6. The molecule has 2 heterocycles. The highest BCUT2D eigenvalue weighted by Crippen LogP contribution is 2.19. The van der Waals surface area contributed by atoms with Crippen molar-refractivity contribution in [1.82, 2.24) is 20.1 Å². The van der Waals surface area contributed by atoms with Gasteiger partial charge in [-0.1, -0.05) is 18.2 Å². The number of likely N-dealkylation sites (tertiary alicyclic amines) is 1. The molecule has 6 heteroatoms. The fraction of sp³-hybridized carbons (Fsp3) is 0.500. The SMILES string of the molecule is CSCCN1CCC(NC(=O)N(C)Cc2cccc3cnccc23)CC1. The average Bonchev–Trinajstić information content (AvgIpc) is 2.67. The summed E-state index contributed by atoms with van der Waals surface area (Å²) in [4.78, 5) is 21.0. The lowest BCUT2D eigenvalue weighted by Crippen LogP contribution is -2.48. The number of aromatic nitrogens is 1. The van der Waals surface area contributed by atoms with E-state index in [1.165, 1.54) is 5.75 Å². The predicted octanol–water partition coefficient (Wildman–Crippen LogP) is 3.20. The van der Waals surface area contributed by atoms with E-state index < -0.39 is 0 Å². The topological polar surface area (TPSA) is 48.5 Å². The molecule has 1 aliphatic heterocycles. The standard InChI is InChI=1S/C20H28N4OS/c1-23(15-17-5-3-4-16-14-21-9-6-19(16)17)20(25)22-18-7-10-24(11-8-18)12-13-26-2/h3-6,9,14,18H,7-8,10-13,15H2,1-2H3,(H,22,25). The number of pyridine rings is 1. The molecular weight excluding hydrogens is 344 g/mol. The molecule has 1 fully saturated rings. The summed E-state index contributed by atoms with van der Waals surface area (Å²) in [6, 6.07) is 8.47. The molecule has 26 heavy (non-hydrogen) atoms. The zero-order chi connectivity index (χ0) is 18.4. The number of piperidine rings is 1. The highest BCUT2D eigenvalue weighted by atomic mass is 32.2. The van der Waals surface area contributed by atoms with Gasteiger partial charge in [0.2, 0.25) is 0 Å². The number of urea groups is 1. The van der Waals surface area contributed by atoms with Gasteiger partial charge in [-0.25, -0.2) is 4.79 Å². The van der Waals surface area contributed by atoms with Gasteiger partial charge in [0.05, 0.1) is 0 Å². The van der Waals surface area contributed by atoms with Gasteiger partial charge in [0.25, 0.3) is 0 Å². The first-order valence-electron chi connectivity index (χ1n) is 9.22. The maximum Gasteiger partial charge on any atom is 0.317 e. The molecule has 3 rings (SSSR count). The van der Waals surface area contributed by atoms with Crippen molar-refractivity contribution in [2.75, 3.05) is 38.7 Å². The second-order valence-corrected chi connectivity index (χ2v) is 7.91. The van der Waals surface area contributed by atoms with Crippen molar-refractivity contribution in [2.24, 2.45) is 0 Å². The van der Waals surface area contributed by atoms with Crippen LogP contribution in [0, 0.1) is 0 Å². The maximum atomic E-state index is 12.6. The zero-order valence-electron chi connectivity index (χ0n) is 15.6. The van der Waals surface area contributed by atoms with E-state index in [0.29, 0.717) is 6.54 Å². The van der Waals surface area contributed by atoms with Crippen LogP contribution in [0.1, 0.15) is 18.4 Å². The fourth-order valence-corrected chi connectivity index (χ4v) is 3.90. The van der Waals surface area contributed by atoms with Crippen molar-refractivity contribution in [2.45, 2.75) is 25.4 Å². The quantitative estimate of drug-likeness (QED) is 0.846. The van der Waals surface area contributed by atoms with E-state index >= 15 is 0 Å². The molecule has 1 N–H and O–H groups in total. The lowest BCUT2D eigenvalue weighted by molar-refractivity contribution is 0.181. The molecule has 0 radical (unpaired) electrons. The number of amides is 2. The van der Waals surface area contributed by atoms with Crippen LogP contribution in [-0.2, 0) is 6.54 Å². The van der Waals surface area contributed by atoms with Crippen LogP contribution in [0.4, 0.5) is 4.79 Å². The second kappa shape index (κ2) is 9.24. The van der Waals surface area contributed by atoms with E-state index in [9.17, 15) is 4.79 Å². The Balaban J connectivity index is 1.52. The Bertz CT molecular complexity index is 725. The van der Waals surface area contributed by atoms with Crippen molar-refractivity contribution in [3.8, 4) is 0 Å². The van der Waals surface area contributed by atoms with Crippen molar-refractivity contribution < 1.29 is 4.79 Å². The number of hydrogen-bond acceptors (Lipinski definition) is 4. The van der Waals surface area contributed by atoms with Gasteiger partial charge in [0.1, 0.15) is 0 Å². The Kier molecular flexibility index (Phi) is 6.74. The Morgan fingerprint density at radius 1 is 1.35 bits per heavy atom. The molecule has 5 nitrogen and oxygen atoms in total. The molecule has 2 aromatic rings. The number of benzene rings is 1. The van der Waals surface area contributed by atoms with E-state index in [1.54, 1.807) is 11.1 Å². The van der Waals surface area contributed by atoms with Gasteiger partial charge in [-0.15, -0.1) is 0 Å². The van der Waals surface area contributed by atoms with Gasteiger partial charge in [-0.05, 0) is 36.1 Å². The summed E-state index contributed by atoms with van der Waals surface area (Å²) in [5.74, 6) is 1.18. The summed E-state index contributed by atoms with van der Waals surface area (Å²) in [7, 11) is 1.86. The molecule has 0 spiro atoms. The first-order valence-corrected chi connectivity index (χ1v) is 10.6. The van der Waals surface area contributed by atoms with Crippen LogP contribution < -0.4 is 5.32 Å². The molecule has 0 aliphatic carbocycles. The number of hydrogen-bond donors (Lipinski definition) is 1. The van der Waals surface area contributed by atoms with Crippen LogP contribution in [0.15, 0.2) is 36.7 Å². The first kappa shape index (κ1) is 19.0. The Hall–Kier alpha value is -1.79. The van der Waals surface area contributed by atoms with E-state index in [-0.39, 0.29) is 12.1 Å². The lowest BCUT2D eigenvalue weighted by Gasteiger charge is -2.33. The summed E-state index contributed by atoms with van der Waals surface area (Å²) in [6.45, 7) is 3.90. The van der Waals surface area contributed by atoms with Gasteiger partial charge in [0.15, 0.2) is 0 Å². The normalized spacial score (nSPS) is 15.9. The largest absolute Gasteiger partial charge is 0.335 e. The molecule has 140 valence electrons. The van der Waals surface area contributed by atoms with Crippen molar-refractivity contribution in [3.63, 3.8) is 0 Å². The number of carbonyl (C=O) groups excluding carboxylic acids is 1. The monoisotopic (exact) mass is 372 g/mol. The summed E-state index contributed by atoms with van der Waals surface area (Å²) >= 11 is 1.89. The lowest BCUT2D eigenvalue weighted by atomic mass is 10.1. The van der Waals surface area contributed by atoms with Crippen LogP contribution in [0.2, 0.25) is 0 Å². The summed E-state index contributed by atoms with van der Waals surface area (Å²) < 4.78 is 0. The predicted molar refractivity (Wildman–Crippen MR) is 110 cm³/mol. The number of fused-ring (bicyclic) bond motifs is 1. The summed E-state index contributed by atoms with van der Waals surface area (Å²) in [5, 5.41) is 5.47. The number of nitrogens with one attached hydrogen (secondary N) is 1. The van der Waals surface area contributed by atoms with E-state index in [2.05, 4.69) is 33.6 Å². The zero-order valence-corrected chi connectivity index (χ0v) is 16.5. The van der Waals surface area contributed by atoms with Crippen molar-refractivity contribution in [3.05, 3.63) is 42.2 Å². The van der Waals surface area contributed by atoms with E-state index in [1.807, 2.05) is 37.1 Å². The van der Waals surface area contributed by atoms with Crippen LogP contribution in [0.3, 0.4) is 0 Å². The maximum absolute atomic E-state index is 12.6. The Labute approximate surface area is 160 Å². The minimum atomic E-state index is 0.0126. The average molecular weight is 373 g/mol. The molecule has 0 atom stereocenters. The third kappa shape index (κ3) is 4.89. The molecule has 1 aliphatic rings. The molecule has 2 amide bonds. The molecule has 1 aromatic heterocycles. The van der Waals surface area contributed by atoms with Gasteiger partial charge in [-0.2, -0.15) is 11.8 Å². The molecule has 0 bridgehead atoms. The fourth-order valence-electron chi connectivity index (χ4n) is 3.46. The number of thioether (sulfide) groups is 1. The highest BCUT2D eigenvalue weighted by molar-refractivity contribution is 7.98. The molecular formula is C20H28N4OS. The molecule has 1 saturated heterocycles. The minimum absolute atomic E-state index is 0.0126. The number of nitrogens with zero attached hydrogens (tertiary/aromatic N) is 3. The van der Waals surface area contributed by atoms with Gasteiger partial charge < -0.3 is 15.1 Å².